The minimum absolute atomic E-state index is 0.143. The van der Waals surface area contributed by atoms with Gasteiger partial charge in [0.05, 0.1) is 16.9 Å². The van der Waals surface area contributed by atoms with Crippen molar-refractivity contribution in [3.8, 4) is 0 Å². The van der Waals surface area contributed by atoms with Gasteiger partial charge in [0.25, 0.3) is 0 Å². The maximum atomic E-state index is 11.9. The Bertz CT molecular complexity index is 603. The van der Waals surface area contributed by atoms with Gasteiger partial charge in [-0.15, -0.1) is 0 Å². The maximum Gasteiger partial charge on any atom is 0.314 e. The number of rotatable bonds is 7. The third-order valence-corrected chi connectivity index (χ3v) is 5.04. The molecule has 0 radical (unpaired) electrons. The zero-order chi connectivity index (χ0) is 15.8. The molecule has 2 atom stereocenters. The summed E-state index contributed by atoms with van der Waals surface area (Å²) in [6.45, 7) is 0.451. The minimum atomic E-state index is -1.13. The highest BCUT2D eigenvalue weighted by molar-refractivity contribution is 7.85. The number of amides is 2. The second-order valence-electron chi connectivity index (χ2n) is 4.57. The average molecular weight is 338 g/mol. The molecule has 5 nitrogen and oxygen atoms in total. The lowest BCUT2D eigenvalue weighted by molar-refractivity contribution is 0.173. The maximum absolute atomic E-state index is 11.9. The van der Waals surface area contributed by atoms with Gasteiger partial charge in [-0.25, -0.2) is 4.79 Å². The van der Waals surface area contributed by atoms with Crippen LogP contribution < -0.4 is 10.6 Å². The Morgan fingerprint density at radius 3 is 2.68 bits per heavy atom. The van der Waals surface area contributed by atoms with Crippen LogP contribution in [0, 0.1) is 0 Å². The number of carbonyl (C=O) groups excluding carboxylic acids is 1. The Balaban J connectivity index is 1.65. The van der Waals surface area contributed by atoms with Gasteiger partial charge >= 0.3 is 6.03 Å². The van der Waals surface area contributed by atoms with Gasteiger partial charge in [0.1, 0.15) is 0 Å². The van der Waals surface area contributed by atoms with Gasteiger partial charge in [-0.3, -0.25) is 4.21 Å². The molecule has 3 N–H and O–H groups in total. The second-order valence-corrected chi connectivity index (χ2v) is 6.92. The monoisotopic (exact) mass is 338 g/mol. The molecule has 0 saturated carbocycles. The molecule has 1 aromatic heterocycles. The van der Waals surface area contributed by atoms with E-state index in [0.29, 0.717) is 12.3 Å². The van der Waals surface area contributed by atoms with Crippen molar-refractivity contribution in [2.75, 3.05) is 18.8 Å². The summed E-state index contributed by atoms with van der Waals surface area (Å²) in [6.07, 6.45) is -0.713. The minimum Gasteiger partial charge on any atom is -0.387 e. The highest BCUT2D eigenvalue weighted by Gasteiger charge is 2.10. The molecule has 0 unspecified atom stereocenters. The van der Waals surface area contributed by atoms with Crippen LogP contribution in [0.15, 0.2) is 52.1 Å². The number of hydrogen-bond donors (Lipinski definition) is 3. The molecule has 0 spiro atoms. The van der Waals surface area contributed by atoms with E-state index in [1.165, 1.54) is 11.3 Å². The SMILES string of the molecule is O=C(NCC[S@@](=O)c1ccccc1)NC[C@H](O)c1ccsc1. The molecule has 1 heterocycles. The molecule has 0 aliphatic rings. The number of nitrogens with one attached hydrogen (secondary N) is 2. The Morgan fingerprint density at radius 1 is 1.23 bits per heavy atom. The third-order valence-electron chi connectivity index (χ3n) is 2.96. The van der Waals surface area contributed by atoms with Crippen LogP contribution in [0.1, 0.15) is 11.7 Å². The molecule has 1 aromatic carbocycles. The zero-order valence-corrected chi connectivity index (χ0v) is 13.5. The molecule has 0 bridgehead atoms. The molecule has 0 aliphatic heterocycles. The van der Waals surface area contributed by atoms with Gasteiger partial charge in [-0.05, 0) is 34.5 Å². The smallest absolute Gasteiger partial charge is 0.314 e. The van der Waals surface area contributed by atoms with Crippen molar-refractivity contribution in [3.63, 3.8) is 0 Å². The largest absolute Gasteiger partial charge is 0.387 e. The van der Waals surface area contributed by atoms with Crippen molar-refractivity contribution in [2.24, 2.45) is 0 Å². The molecule has 0 saturated heterocycles. The quantitative estimate of drug-likeness (QED) is 0.721. The summed E-state index contributed by atoms with van der Waals surface area (Å²) in [5.74, 6) is 0.352. The number of thiophene rings is 1. The molecule has 118 valence electrons. The van der Waals surface area contributed by atoms with Crippen LogP contribution in [0.2, 0.25) is 0 Å². The van der Waals surface area contributed by atoms with Crippen molar-refractivity contribution in [2.45, 2.75) is 11.0 Å². The first-order valence-electron chi connectivity index (χ1n) is 6.82. The van der Waals surface area contributed by atoms with Crippen molar-refractivity contribution in [1.82, 2.24) is 10.6 Å². The molecular weight excluding hydrogens is 320 g/mol. The van der Waals surface area contributed by atoms with E-state index in [-0.39, 0.29) is 12.6 Å². The van der Waals surface area contributed by atoms with E-state index in [2.05, 4.69) is 10.6 Å². The van der Waals surface area contributed by atoms with Crippen molar-refractivity contribution in [1.29, 1.82) is 0 Å². The topological polar surface area (TPSA) is 78.4 Å². The first-order chi connectivity index (χ1) is 10.7. The molecule has 2 amide bonds. The van der Waals surface area contributed by atoms with Gasteiger partial charge in [-0.1, -0.05) is 18.2 Å². The highest BCUT2D eigenvalue weighted by Crippen LogP contribution is 2.14. The van der Waals surface area contributed by atoms with E-state index < -0.39 is 16.9 Å². The van der Waals surface area contributed by atoms with Gasteiger partial charge in [-0.2, -0.15) is 11.3 Å². The standard InChI is InChI=1S/C15H18N2O3S2/c18-14(12-6-8-21-11-12)10-17-15(19)16-7-9-22(20)13-4-2-1-3-5-13/h1-6,8,11,14,18H,7,9-10H2,(H2,16,17,19)/t14-,22+/m0/s1. The fourth-order valence-electron chi connectivity index (χ4n) is 1.78. The predicted molar refractivity (Wildman–Crippen MR) is 88.4 cm³/mol. The summed E-state index contributed by atoms with van der Waals surface area (Å²) in [7, 11) is -1.13. The van der Waals surface area contributed by atoms with Crippen LogP contribution in [0.4, 0.5) is 4.79 Å². The van der Waals surface area contributed by atoms with Gasteiger partial charge in [0, 0.05) is 23.7 Å². The van der Waals surface area contributed by atoms with Crippen molar-refractivity contribution >= 4 is 28.2 Å². The molecular formula is C15H18N2O3S2. The molecule has 2 rings (SSSR count). The average Bonchev–Trinajstić information content (AvgIpc) is 3.08. The van der Waals surface area contributed by atoms with E-state index in [4.69, 9.17) is 0 Å². The van der Waals surface area contributed by atoms with E-state index in [1.54, 1.807) is 12.1 Å². The highest BCUT2D eigenvalue weighted by atomic mass is 32.2. The Kier molecular flexibility index (Phi) is 6.57. The van der Waals surface area contributed by atoms with Crippen LogP contribution in [0.3, 0.4) is 0 Å². The fraction of sp³-hybridized carbons (Fsp3) is 0.267. The summed E-state index contributed by atoms with van der Waals surface area (Å²) in [5.41, 5.74) is 0.787. The van der Waals surface area contributed by atoms with Gasteiger partial charge in [0.15, 0.2) is 0 Å². The van der Waals surface area contributed by atoms with Crippen LogP contribution in [0.5, 0.6) is 0 Å². The Hall–Kier alpha value is -1.70. The summed E-state index contributed by atoms with van der Waals surface area (Å²) in [5, 5.41) is 18.8. The number of carbonyl (C=O) groups is 1. The number of hydrogen-bond acceptors (Lipinski definition) is 4. The number of urea groups is 1. The Labute approximate surface area is 135 Å². The first kappa shape index (κ1) is 16.7. The van der Waals surface area contributed by atoms with Gasteiger partial charge in [0.2, 0.25) is 0 Å². The lowest BCUT2D eigenvalue weighted by Gasteiger charge is -2.11. The van der Waals surface area contributed by atoms with Gasteiger partial charge < -0.3 is 15.7 Å². The van der Waals surface area contributed by atoms with E-state index >= 15 is 0 Å². The summed E-state index contributed by atoms with van der Waals surface area (Å²) < 4.78 is 11.9. The first-order valence-corrected chi connectivity index (χ1v) is 9.08. The summed E-state index contributed by atoms with van der Waals surface area (Å²) in [6, 6.07) is 10.6. The van der Waals surface area contributed by atoms with Crippen LogP contribution in [-0.4, -0.2) is 34.2 Å². The van der Waals surface area contributed by atoms with E-state index in [0.717, 1.165) is 10.5 Å². The number of aliphatic hydroxyl groups excluding tert-OH is 1. The number of aliphatic hydroxyl groups is 1. The Morgan fingerprint density at radius 2 is 2.00 bits per heavy atom. The lowest BCUT2D eigenvalue weighted by atomic mass is 10.2. The van der Waals surface area contributed by atoms with Crippen molar-refractivity contribution < 1.29 is 14.1 Å². The van der Waals surface area contributed by atoms with E-state index in [1.807, 2.05) is 35.0 Å². The van der Waals surface area contributed by atoms with Crippen molar-refractivity contribution in [3.05, 3.63) is 52.7 Å². The van der Waals surface area contributed by atoms with Crippen LogP contribution >= 0.6 is 11.3 Å². The number of benzene rings is 1. The molecule has 22 heavy (non-hydrogen) atoms. The van der Waals surface area contributed by atoms with E-state index in [9.17, 15) is 14.1 Å². The normalized spacial score (nSPS) is 13.3. The second kappa shape index (κ2) is 8.67. The van der Waals surface area contributed by atoms with Crippen LogP contribution in [-0.2, 0) is 10.8 Å². The van der Waals surface area contributed by atoms with Crippen LogP contribution in [0.25, 0.3) is 0 Å². The summed E-state index contributed by atoms with van der Waals surface area (Å²) in [4.78, 5) is 12.4. The lowest BCUT2D eigenvalue weighted by Crippen LogP contribution is -2.39. The molecule has 7 heteroatoms. The third kappa shape index (κ3) is 5.25. The predicted octanol–water partition coefficient (Wildman–Crippen LogP) is 1.89. The molecule has 2 aromatic rings. The molecule has 0 aliphatic carbocycles. The summed E-state index contributed by atoms with van der Waals surface area (Å²) >= 11 is 1.50. The molecule has 0 fully saturated rings. The zero-order valence-electron chi connectivity index (χ0n) is 11.9. The fourth-order valence-corrected chi connectivity index (χ4v) is 3.47.